The van der Waals surface area contributed by atoms with E-state index in [2.05, 4.69) is 17.2 Å². The van der Waals surface area contributed by atoms with E-state index in [0.717, 1.165) is 29.1 Å². The summed E-state index contributed by atoms with van der Waals surface area (Å²) in [5.41, 5.74) is 2.30. The fourth-order valence-corrected chi connectivity index (χ4v) is 4.04. The molecule has 0 aliphatic carbocycles. The summed E-state index contributed by atoms with van der Waals surface area (Å²) >= 11 is 1.43. The third kappa shape index (κ3) is 6.19. The normalized spacial score (nSPS) is 10.8. The highest BCUT2D eigenvalue weighted by Gasteiger charge is 2.20. The van der Waals surface area contributed by atoms with Crippen molar-refractivity contribution in [2.24, 2.45) is 0 Å². The summed E-state index contributed by atoms with van der Waals surface area (Å²) < 4.78 is 40.3. The molecule has 2 amide bonds. The number of nitrogens with zero attached hydrogens (tertiary/aromatic N) is 2. The van der Waals surface area contributed by atoms with Crippen LogP contribution >= 0.6 is 11.3 Å². The maximum atomic E-state index is 13.8. The number of halogens is 3. The second kappa shape index (κ2) is 11.1. The third-order valence-electron chi connectivity index (χ3n) is 4.98. The van der Waals surface area contributed by atoms with Crippen molar-refractivity contribution in [3.63, 3.8) is 0 Å². The molecule has 0 spiro atoms. The Labute approximate surface area is 194 Å². The van der Waals surface area contributed by atoms with Crippen LogP contribution in [-0.2, 0) is 22.4 Å². The Hall–Kier alpha value is -3.20. The average molecular weight is 476 g/mol. The summed E-state index contributed by atoms with van der Waals surface area (Å²) in [6.45, 7) is 3.90. The Bertz CT molecular complexity index is 1130. The Morgan fingerprint density at radius 3 is 2.42 bits per heavy atom. The monoisotopic (exact) mass is 475 g/mol. The Morgan fingerprint density at radius 1 is 1.03 bits per heavy atom. The van der Waals surface area contributed by atoms with Gasteiger partial charge in [-0.3, -0.25) is 9.59 Å². The maximum Gasteiger partial charge on any atom is 0.244 e. The summed E-state index contributed by atoms with van der Waals surface area (Å²) in [6.07, 6.45) is 1.56. The first kappa shape index (κ1) is 24.4. The molecular formula is C24H24F3N3O2S. The van der Waals surface area contributed by atoms with Crippen molar-refractivity contribution in [2.75, 3.05) is 18.4 Å². The summed E-state index contributed by atoms with van der Waals surface area (Å²) in [5, 5.41) is 4.80. The average Bonchev–Trinajstić information content (AvgIpc) is 3.27. The van der Waals surface area contributed by atoms with Gasteiger partial charge < -0.3 is 10.2 Å². The van der Waals surface area contributed by atoms with Crippen molar-refractivity contribution in [3.8, 4) is 10.6 Å². The molecule has 5 nitrogen and oxygen atoms in total. The number of benzene rings is 2. The van der Waals surface area contributed by atoms with E-state index in [0.29, 0.717) is 18.7 Å². The van der Waals surface area contributed by atoms with Crippen molar-refractivity contribution in [2.45, 2.75) is 33.1 Å². The summed E-state index contributed by atoms with van der Waals surface area (Å²) in [6, 6.07) is 9.72. The lowest BCUT2D eigenvalue weighted by Gasteiger charge is -2.21. The van der Waals surface area contributed by atoms with Gasteiger partial charge in [-0.1, -0.05) is 38.1 Å². The van der Waals surface area contributed by atoms with Crippen molar-refractivity contribution >= 4 is 28.8 Å². The molecule has 174 valence electrons. The second-order valence-corrected chi connectivity index (χ2v) is 8.32. The number of hydrogen-bond donors (Lipinski definition) is 1. The molecule has 3 rings (SSSR count). The predicted octanol–water partition coefficient (Wildman–Crippen LogP) is 5.21. The third-order valence-corrected chi connectivity index (χ3v) is 5.92. The quantitative estimate of drug-likeness (QED) is 0.432. The van der Waals surface area contributed by atoms with E-state index in [4.69, 9.17) is 0 Å². The first-order valence-electron chi connectivity index (χ1n) is 10.6. The summed E-state index contributed by atoms with van der Waals surface area (Å²) in [5.74, 6) is -5.53. The number of thiazole rings is 1. The van der Waals surface area contributed by atoms with Gasteiger partial charge in [0.25, 0.3) is 0 Å². The minimum Gasteiger partial charge on any atom is -0.333 e. The van der Waals surface area contributed by atoms with Crippen molar-refractivity contribution in [3.05, 3.63) is 70.5 Å². The van der Waals surface area contributed by atoms with E-state index in [1.165, 1.54) is 21.8 Å². The highest BCUT2D eigenvalue weighted by molar-refractivity contribution is 7.13. The van der Waals surface area contributed by atoms with E-state index in [9.17, 15) is 22.8 Å². The standard InChI is InChI=1S/C24H24F3N3O2S/c1-3-11-30(13-20(31)29-19-10-9-18(25)22(26)23(19)27)21(32)12-17-14-33-24(28-17)16-7-5-15(4-2)6-8-16/h5-10,14H,3-4,11-13H2,1-2H3,(H,29,31). The summed E-state index contributed by atoms with van der Waals surface area (Å²) in [4.78, 5) is 31.0. The number of rotatable bonds is 9. The lowest BCUT2D eigenvalue weighted by atomic mass is 10.1. The molecule has 1 heterocycles. The van der Waals surface area contributed by atoms with E-state index < -0.39 is 29.0 Å². The largest absolute Gasteiger partial charge is 0.333 e. The number of aromatic nitrogens is 1. The van der Waals surface area contributed by atoms with Gasteiger partial charge in [-0.2, -0.15) is 0 Å². The Balaban J connectivity index is 1.64. The van der Waals surface area contributed by atoms with Crippen molar-refractivity contribution in [1.29, 1.82) is 0 Å². The van der Waals surface area contributed by atoms with Crippen LogP contribution in [0.3, 0.4) is 0 Å². The van der Waals surface area contributed by atoms with Gasteiger partial charge in [-0.15, -0.1) is 11.3 Å². The van der Waals surface area contributed by atoms with E-state index in [1.807, 2.05) is 36.6 Å². The van der Waals surface area contributed by atoms with Crippen LogP contribution in [0.5, 0.6) is 0 Å². The van der Waals surface area contributed by atoms with Crippen LogP contribution in [0.25, 0.3) is 10.6 Å². The molecule has 0 bridgehead atoms. The minimum atomic E-state index is -1.67. The zero-order valence-corrected chi connectivity index (χ0v) is 19.1. The SMILES string of the molecule is CCCN(CC(=O)Nc1ccc(F)c(F)c1F)C(=O)Cc1csc(-c2ccc(CC)cc2)n1. The highest BCUT2D eigenvalue weighted by atomic mass is 32.1. The highest BCUT2D eigenvalue weighted by Crippen LogP contribution is 2.25. The van der Waals surface area contributed by atoms with Gasteiger partial charge >= 0.3 is 0 Å². The molecule has 0 atom stereocenters. The number of aryl methyl sites for hydroxylation is 1. The molecule has 0 aliphatic heterocycles. The molecular weight excluding hydrogens is 451 g/mol. The van der Waals surface area contributed by atoms with Crippen LogP contribution in [0.4, 0.5) is 18.9 Å². The molecule has 0 unspecified atom stereocenters. The van der Waals surface area contributed by atoms with Gasteiger partial charge in [0, 0.05) is 17.5 Å². The Morgan fingerprint density at radius 2 is 1.76 bits per heavy atom. The number of carbonyl (C=O) groups excluding carboxylic acids is 2. The van der Waals surface area contributed by atoms with Crippen molar-refractivity contribution < 1.29 is 22.8 Å². The lowest BCUT2D eigenvalue weighted by Crippen LogP contribution is -2.39. The zero-order valence-electron chi connectivity index (χ0n) is 18.3. The Kier molecular flexibility index (Phi) is 8.21. The van der Waals surface area contributed by atoms with Gasteiger partial charge in [-0.05, 0) is 30.5 Å². The number of carbonyl (C=O) groups is 2. The fourth-order valence-electron chi connectivity index (χ4n) is 3.22. The number of hydrogen-bond acceptors (Lipinski definition) is 4. The molecule has 1 N–H and O–H groups in total. The van der Waals surface area contributed by atoms with Gasteiger partial charge in [0.05, 0.1) is 24.3 Å². The summed E-state index contributed by atoms with van der Waals surface area (Å²) in [7, 11) is 0. The predicted molar refractivity (Wildman–Crippen MR) is 122 cm³/mol. The molecule has 1 aromatic heterocycles. The van der Waals surface area contributed by atoms with Gasteiger partial charge in [0.1, 0.15) is 5.01 Å². The zero-order chi connectivity index (χ0) is 24.0. The molecule has 33 heavy (non-hydrogen) atoms. The van der Waals surface area contributed by atoms with Crippen LogP contribution < -0.4 is 5.32 Å². The van der Waals surface area contributed by atoms with Gasteiger partial charge in [-0.25, -0.2) is 18.2 Å². The second-order valence-electron chi connectivity index (χ2n) is 7.46. The molecule has 0 saturated heterocycles. The van der Waals surface area contributed by atoms with Crippen LogP contribution in [0, 0.1) is 17.5 Å². The molecule has 2 aromatic carbocycles. The van der Waals surface area contributed by atoms with Gasteiger partial charge in [0.15, 0.2) is 17.5 Å². The van der Waals surface area contributed by atoms with E-state index in [-0.39, 0.29) is 18.9 Å². The van der Waals surface area contributed by atoms with Crippen LogP contribution in [0.15, 0.2) is 41.8 Å². The molecule has 3 aromatic rings. The topological polar surface area (TPSA) is 62.3 Å². The molecule has 0 radical (unpaired) electrons. The molecule has 0 fully saturated rings. The fraction of sp³-hybridized carbons (Fsp3) is 0.292. The molecule has 9 heteroatoms. The van der Waals surface area contributed by atoms with E-state index in [1.54, 1.807) is 0 Å². The van der Waals surface area contributed by atoms with Crippen molar-refractivity contribution in [1.82, 2.24) is 9.88 Å². The maximum absolute atomic E-state index is 13.8. The van der Waals surface area contributed by atoms with E-state index >= 15 is 0 Å². The van der Waals surface area contributed by atoms with Crippen LogP contribution in [0.1, 0.15) is 31.5 Å². The first-order valence-corrected chi connectivity index (χ1v) is 11.4. The number of amides is 2. The van der Waals surface area contributed by atoms with Crippen LogP contribution in [0.2, 0.25) is 0 Å². The van der Waals surface area contributed by atoms with Gasteiger partial charge in [0.2, 0.25) is 11.8 Å². The molecule has 0 saturated carbocycles. The number of nitrogens with one attached hydrogen (secondary N) is 1. The number of anilines is 1. The lowest BCUT2D eigenvalue weighted by molar-refractivity contribution is -0.134. The first-order chi connectivity index (χ1) is 15.8. The molecule has 0 aliphatic rings. The smallest absolute Gasteiger partial charge is 0.244 e. The van der Waals surface area contributed by atoms with Crippen LogP contribution in [-0.4, -0.2) is 34.8 Å². The minimum absolute atomic E-state index is 0.0103.